The standard InChI is InChI=1S/C7H6Cl2N2O/c8-4-1-3(7(11)12)2-5(10)6(4)9/h1-2H,10H2,(H2,11,12). The zero-order chi connectivity index (χ0) is 9.30. The Balaban J connectivity index is 3.31. The van der Waals surface area contributed by atoms with E-state index in [0.29, 0.717) is 0 Å². The summed E-state index contributed by atoms with van der Waals surface area (Å²) in [5.74, 6) is -0.583. The Hall–Kier alpha value is -0.930. The molecule has 1 aromatic carbocycles. The fourth-order valence-corrected chi connectivity index (χ4v) is 1.09. The molecule has 0 aliphatic carbocycles. The van der Waals surface area contributed by atoms with Gasteiger partial charge < -0.3 is 11.5 Å². The molecule has 3 nitrogen and oxygen atoms in total. The zero-order valence-electron chi connectivity index (χ0n) is 5.97. The van der Waals surface area contributed by atoms with E-state index in [9.17, 15) is 4.79 Å². The van der Waals surface area contributed by atoms with Crippen molar-refractivity contribution >= 4 is 34.8 Å². The van der Waals surface area contributed by atoms with Crippen LogP contribution in [-0.4, -0.2) is 5.91 Å². The second-order valence-electron chi connectivity index (χ2n) is 2.23. The molecule has 0 saturated carbocycles. The van der Waals surface area contributed by atoms with Crippen molar-refractivity contribution in [2.45, 2.75) is 0 Å². The van der Waals surface area contributed by atoms with E-state index in [2.05, 4.69) is 0 Å². The lowest BCUT2D eigenvalue weighted by Gasteiger charge is -2.02. The third-order valence-electron chi connectivity index (χ3n) is 1.34. The van der Waals surface area contributed by atoms with Gasteiger partial charge in [0.25, 0.3) is 0 Å². The van der Waals surface area contributed by atoms with E-state index in [1.807, 2.05) is 0 Å². The molecule has 0 unspecified atom stereocenters. The molecule has 0 spiro atoms. The molecule has 1 amide bonds. The van der Waals surface area contributed by atoms with E-state index < -0.39 is 5.91 Å². The van der Waals surface area contributed by atoms with Gasteiger partial charge in [0.05, 0.1) is 15.7 Å². The number of carbonyl (C=O) groups excluding carboxylic acids is 1. The first-order valence-corrected chi connectivity index (χ1v) is 3.82. The molecule has 0 heterocycles. The second kappa shape index (κ2) is 3.21. The van der Waals surface area contributed by atoms with E-state index in [4.69, 9.17) is 34.7 Å². The van der Waals surface area contributed by atoms with Crippen LogP contribution in [0.1, 0.15) is 10.4 Å². The number of hydrogen-bond acceptors (Lipinski definition) is 2. The molecule has 0 fully saturated rings. The molecule has 5 heteroatoms. The largest absolute Gasteiger partial charge is 0.397 e. The van der Waals surface area contributed by atoms with Crippen LogP contribution in [0.25, 0.3) is 0 Å². The van der Waals surface area contributed by atoms with Crippen LogP contribution < -0.4 is 11.5 Å². The van der Waals surface area contributed by atoms with Gasteiger partial charge in [0.15, 0.2) is 0 Å². The van der Waals surface area contributed by atoms with Gasteiger partial charge in [-0.05, 0) is 12.1 Å². The van der Waals surface area contributed by atoms with E-state index in [-0.39, 0.29) is 21.3 Å². The molecule has 64 valence electrons. The normalized spacial score (nSPS) is 9.83. The van der Waals surface area contributed by atoms with Crippen LogP contribution in [-0.2, 0) is 0 Å². The number of carbonyl (C=O) groups is 1. The van der Waals surface area contributed by atoms with Crippen molar-refractivity contribution in [2.24, 2.45) is 5.73 Å². The summed E-state index contributed by atoms with van der Waals surface area (Å²) in [5.41, 5.74) is 10.9. The highest BCUT2D eigenvalue weighted by atomic mass is 35.5. The number of halogens is 2. The van der Waals surface area contributed by atoms with Crippen LogP contribution in [0.15, 0.2) is 12.1 Å². The van der Waals surface area contributed by atoms with Crippen LogP contribution in [0.3, 0.4) is 0 Å². The Morgan fingerprint density at radius 2 is 1.92 bits per heavy atom. The van der Waals surface area contributed by atoms with Gasteiger partial charge in [-0.1, -0.05) is 23.2 Å². The molecule has 0 atom stereocenters. The maximum absolute atomic E-state index is 10.7. The predicted molar refractivity (Wildman–Crippen MR) is 49.4 cm³/mol. The van der Waals surface area contributed by atoms with Crippen molar-refractivity contribution in [3.8, 4) is 0 Å². The maximum atomic E-state index is 10.7. The summed E-state index contributed by atoms with van der Waals surface area (Å²) in [7, 11) is 0. The molecule has 1 aromatic rings. The average molecular weight is 205 g/mol. The summed E-state index contributed by atoms with van der Waals surface area (Å²) in [6, 6.07) is 2.76. The lowest BCUT2D eigenvalue weighted by molar-refractivity contribution is 0.100. The van der Waals surface area contributed by atoms with Gasteiger partial charge in [-0.25, -0.2) is 0 Å². The topological polar surface area (TPSA) is 69.1 Å². The third kappa shape index (κ3) is 1.62. The number of benzene rings is 1. The number of hydrogen-bond donors (Lipinski definition) is 2. The molecule has 0 bridgehead atoms. The Morgan fingerprint density at radius 1 is 1.33 bits per heavy atom. The number of primary amides is 1. The predicted octanol–water partition coefficient (Wildman–Crippen LogP) is 1.67. The first kappa shape index (κ1) is 9.16. The summed E-state index contributed by atoms with van der Waals surface area (Å²) in [6.45, 7) is 0. The van der Waals surface area contributed by atoms with Crippen LogP contribution in [0, 0.1) is 0 Å². The zero-order valence-corrected chi connectivity index (χ0v) is 7.49. The average Bonchev–Trinajstić information content (AvgIpc) is 1.99. The van der Waals surface area contributed by atoms with E-state index in [1.54, 1.807) is 0 Å². The molecule has 0 saturated heterocycles. The Kier molecular flexibility index (Phi) is 2.45. The minimum Gasteiger partial charge on any atom is -0.397 e. The lowest BCUT2D eigenvalue weighted by Crippen LogP contribution is -2.11. The number of anilines is 1. The molecule has 0 aromatic heterocycles. The Bertz CT molecular complexity index is 315. The fourth-order valence-electron chi connectivity index (χ4n) is 0.753. The molecule has 1 rings (SSSR count). The summed E-state index contributed by atoms with van der Waals surface area (Å²) >= 11 is 11.3. The lowest BCUT2D eigenvalue weighted by atomic mass is 10.2. The van der Waals surface area contributed by atoms with Gasteiger partial charge in [0, 0.05) is 5.56 Å². The van der Waals surface area contributed by atoms with Gasteiger partial charge in [-0.15, -0.1) is 0 Å². The van der Waals surface area contributed by atoms with Crippen LogP contribution in [0.5, 0.6) is 0 Å². The van der Waals surface area contributed by atoms with E-state index in [1.165, 1.54) is 12.1 Å². The third-order valence-corrected chi connectivity index (χ3v) is 2.16. The van der Waals surface area contributed by atoms with Crippen molar-refractivity contribution in [3.05, 3.63) is 27.7 Å². The summed E-state index contributed by atoms with van der Waals surface area (Å²) in [5, 5.41) is 0.465. The highest BCUT2D eigenvalue weighted by molar-refractivity contribution is 6.43. The molecule has 0 radical (unpaired) electrons. The minimum absolute atomic E-state index is 0.227. The molecule has 4 N–H and O–H groups in total. The molecule has 0 aliphatic rings. The van der Waals surface area contributed by atoms with Crippen LogP contribution in [0.2, 0.25) is 10.0 Å². The van der Waals surface area contributed by atoms with Crippen molar-refractivity contribution in [3.63, 3.8) is 0 Å². The highest BCUT2D eigenvalue weighted by Gasteiger charge is 2.07. The summed E-state index contributed by atoms with van der Waals surface area (Å²) < 4.78 is 0. The number of amides is 1. The monoisotopic (exact) mass is 204 g/mol. The number of rotatable bonds is 1. The summed E-state index contributed by atoms with van der Waals surface area (Å²) in [4.78, 5) is 10.7. The molecular formula is C7H6Cl2N2O. The minimum atomic E-state index is -0.583. The molecule has 0 aliphatic heterocycles. The van der Waals surface area contributed by atoms with Gasteiger partial charge in [0.1, 0.15) is 0 Å². The molecular weight excluding hydrogens is 199 g/mol. The van der Waals surface area contributed by atoms with E-state index in [0.717, 1.165) is 0 Å². The van der Waals surface area contributed by atoms with Crippen LogP contribution in [0.4, 0.5) is 5.69 Å². The first-order valence-electron chi connectivity index (χ1n) is 3.06. The fraction of sp³-hybridized carbons (Fsp3) is 0. The van der Waals surface area contributed by atoms with Crippen LogP contribution >= 0.6 is 23.2 Å². The molecule has 12 heavy (non-hydrogen) atoms. The smallest absolute Gasteiger partial charge is 0.248 e. The first-order chi connectivity index (χ1) is 5.52. The second-order valence-corrected chi connectivity index (χ2v) is 3.01. The van der Waals surface area contributed by atoms with E-state index >= 15 is 0 Å². The summed E-state index contributed by atoms with van der Waals surface area (Å²) in [6.07, 6.45) is 0. The van der Waals surface area contributed by atoms with Gasteiger partial charge in [0.2, 0.25) is 5.91 Å². The van der Waals surface area contributed by atoms with Gasteiger partial charge in [-0.3, -0.25) is 4.79 Å². The number of nitrogens with two attached hydrogens (primary N) is 2. The quantitative estimate of drug-likeness (QED) is 0.684. The number of nitrogen functional groups attached to an aromatic ring is 1. The SMILES string of the molecule is NC(=O)c1cc(N)c(Cl)c(Cl)c1. The Morgan fingerprint density at radius 3 is 2.33 bits per heavy atom. The van der Waals surface area contributed by atoms with Crippen molar-refractivity contribution in [2.75, 3.05) is 5.73 Å². The van der Waals surface area contributed by atoms with Gasteiger partial charge in [-0.2, -0.15) is 0 Å². The van der Waals surface area contributed by atoms with Gasteiger partial charge >= 0.3 is 0 Å². The Labute approximate surface area is 79.2 Å². The van der Waals surface area contributed by atoms with Crippen molar-refractivity contribution < 1.29 is 4.79 Å². The van der Waals surface area contributed by atoms with Crippen molar-refractivity contribution in [1.29, 1.82) is 0 Å². The maximum Gasteiger partial charge on any atom is 0.248 e. The van der Waals surface area contributed by atoms with Crippen molar-refractivity contribution in [1.82, 2.24) is 0 Å². The highest BCUT2D eigenvalue weighted by Crippen LogP contribution is 2.28.